The zero-order valence-corrected chi connectivity index (χ0v) is 12.9. The van der Waals surface area contributed by atoms with Crippen molar-refractivity contribution in [3.05, 3.63) is 48.3 Å². The van der Waals surface area contributed by atoms with Crippen molar-refractivity contribution >= 4 is 12.0 Å². The van der Waals surface area contributed by atoms with Gasteiger partial charge in [0.1, 0.15) is 5.75 Å². The molecule has 2 heterocycles. The SMILES string of the molecule is O=C(C=Cc1cccc(O)c1)N1CCCCC1Cn1ccnn1. The van der Waals surface area contributed by atoms with Crippen molar-refractivity contribution in [2.45, 2.75) is 31.8 Å². The molecule has 1 aliphatic rings. The lowest BCUT2D eigenvalue weighted by atomic mass is 10.0. The number of amides is 1. The van der Waals surface area contributed by atoms with Gasteiger partial charge in [-0.2, -0.15) is 0 Å². The quantitative estimate of drug-likeness (QED) is 0.877. The minimum atomic E-state index is -0.00171. The number of hydrogen-bond donors (Lipinski definition) is 1. The van der Waals surface area contributed by atoms with Crippen LogP contribution in [0.2, 0.25) is 0 Å². The van der Waals surface area contributed by atoms with Crippen LogP contribution in [0.1, 0.15) is 24.8 Å². The van der Waals surface area contributed by atoms with Gasteiger partial charge in [0.15, 0.2) is 0 Å². The summed E-state index contributed by atoms with van der Waals surface area (Å²) in [5.41, 5.74) is 0.809. The number of phenolic OH excluding ortho intramolecular Hbond substituents is 1. The van der Waals surface area contributed by atoms with Gasteiger partial charge in [0, 0.05) is 18.8 Å². The van der Waals surface area contributed by atoms with Crippen molar-refractivity contribution < 1.29 is 9.90 Å². The normalized spacial score (nSPS) is 18.4. The van der Waals surface area contributed by atoms with E-state index in [0.29, 0.717) is 6.54 Å². The average molecular weight is 312 g/mol. The standard InChI is InChI=1S/C17H20N4O2/c22-16-6-3-4-14(12-16)7-8-17(23)21-10-2-1-5-15(21)13-20-11-9-18-19-20/h3-4,6-9,11-12,15,22H,1-2,5,10,13H2. The van der Waals surface area contributed by atoms with E-state index >= 15 is 0 Å². The van der Waals surface area contributed by atoms with Crippen LogP contribution in [0.3, 0.4) is 0 Å². The lowest BCUT2D eigenvalue weighted by molar-refractivity contribution is -0.129. The molecule has 1 aliphatic heterocycles. The zero-order chi connectivity index (χ0) is 16.1. The molecule has 0 aliphatic carbocycles. The summed E-state index contributed by atoms with van der Waals surface area (Å²) in [4.78, 5) is 14.4. The summed E-state index contributed by atoms with van der Waals surface area (Å²) in [5, 5.41) is 17.3. The smallest absolute Gasteiger partial charge is 0.246 e. The summed E-state index contributed by atoms with van der Waals surface area (Å²) in [7, 11) is 0. The highest BCUT2D eigenvalue weighted by molar-refractivity contribution is 5.92. The fraction of sp³-hybridized carbons (Fsp3) is 0.353. The molecule has 3 rings (SSSR count). The topological polar surface area (TPSA) is 71.2 Å². The number of piperidine rings is 1. The number of phenols is 1. The molecule has 6 nitrogen and oxygen atoms in total. The molecule has 1 fully saturated rings. The van der Waals surface area contributed by atoms with E-state index < -0.39 is 0 Å². The molecule has 1 aromatic heterocycles. The third-order valence-electron chi connectivity index (χ3n) is 4.07. The summed E-state index contributed by atoms with van der Waals surface area (Å²) in [5.74, 6) is 0.194. The number of carbonyl (C=O) groups is 1. The molecule has 0 spiro atoms. The summed E-state index contributed by atoms with van der Waals surface area (Å²) in [6.45, 7) is 1.44. The molecule has 120 valence electrons. The minimum absolute atomic E-state index is 0.00171. The Balaban J connectivity index is 1.68. The number of aromatic hydroxyl groups is 1. The van der Waals surface area contributed by atoms with Gasteiger partial charge in [-0.3, -0.25) is 9.48 Å². The van der Waals surface area contributed by atoms with Crippen LogP contribution >= 0.6 is 0 Å². The summed E-state index contributed by atoms with van der Waals surface area (Å²) >= 11 is 0. The first-order chi connectivity index (χ1) is 11.2. The highest BCUT2D eigenvalue weighted by atomic mass is 16.3. The molecule has 1 N–H and O–H groups in total. The van der Waals surface area contributed by atoms with E-state index in [1.165, 1.54) is 0 Å². The first-order valence-corrected chi connectivity index (χ1v) is 7.84. The van der Waals surface area contributed by atoms with Gasteiger partial charge in [-0.25, -0.2) is 0 Å². The second-order valence-corrected chi connectivity index (χ2v) is 5.73. The van der Waals surface area contributed by atoms with Gasteiger partial charge >= 0.3 is 0 Å². The van der Waals surface area contributed by atoms with E-state index in [4.69, 9.17) is 0 Å². The Labute approximate surface area is 135 Å². The zero-order valence-electron chi connectivity index (χ0n) is 12.9. The first kappa shape index (κ1) is 15.3. The molecular weight excluding hydrogens is 292 g/mol. The highest BCUT2D eigenvalue weighted by Crippen LogP contribution is 2.19. The predicted molar refractivity (Wildman–Crippen MR) is 86.5 cm³/mol. The van der Waals surface area contributed by atoms with Crippen LogP contribution in [0.25, 0.3) is 6.08 Å². The lowest BCUT2D eigenvalue weighted by Crippen LogP contribution is -2.45. The number of rotatable bonds is 4. The number of hydrogen-bond acceptors (Lipinski definition) is 4. The fourth-order valence-electron chi connectivity index (χ4n) is 2.92. The van der Waals surface area contributed by atoms with Gasteiger partial charge in [0.05, 0.1) is 18.8 Å². The van der Waals surface area contributed by atoms with E-state index in [1.807, 2.05) is 17.2 Å². The molecule has 0 bridgehead atoms. The maximum absolute atomic E-state index is 12.5. The molecule has 0 radical (unpaired) electrons. The van der Waals surface area contributed by atoms with E-state index in [2.05, 4.69) is 10.3 Å². The number of nitrogens with zero attached hydrogens (tertiary/aromatic N) is 4. The van der Waals surface area contributed by atoms with E-state index in [0.717, 1.165) is 31.4 Å². The predicted octanol–water partition coefficient (Wildman–Crippen LogP) is 2.08. The number of aromatic nitrogens is 3. The number of benzene rings is 1. The van der Waals surface area contributed by atoms with Crippen LogP contribution in [0.4, 0.5) is 0 Å². The van der Waals surface area contributed by atoms with Crippen LogP contribution in [0, 0.1) is 0 Å². The third-order valence-corrected chi connectivity index (χ3v) is 4.07. The van der Waals surface area contributed by atoms with Crippen LogP contribution in [0.15, 0.2) is 42.7 Å². The molecule has 1 aromatic carbocycles. The molecule has 1 amide bonds. The Kier molecular flexibility index (Phi) is 4.71. The van der Waals surface area contributed by atoms with Crippen LogP contribution < -0.4 is 0 Å². The van der Waals surface area contributed by atoms with E-state index in [1.54, 1.807) is 41.2 Å². The van der Waals surface area contributed by atoms with Crippen molar-refractivity contribution in [3.8, 4) is 5.75 Å². The van der Waals surface area contributed by atoms with Gasteiger partial charge in [0.2, 0.25) is 5.91 Å². The maximum Gasteiger partial charge on any atom is 0.246 e. The number of likely N-dealkylation sites (tertiary alicyclic amines) is 1. The maximum atomic E-state index is 12.5. The summed E-state index contributed by atoms with van der Waals surface area (Å²) in [6.07, 6.45) is 9.92. The first-order valence-electron chi connectivity index (χ1n) is 7.84. The Morgan fingerprint density at radius 1 is 1.39 bits per heavy atom. The molecule has 1 atom stereocenters. The molecular formula is C17H20N4O2. The largest absolute Gasteiger partial charge is 0.508 e. The second kappa shape index (κ2) is 7.09. The van der Waals surface area contributed by atoms with Gasteiger partial charge in [-0.15, -0.1) is 5.10 Å². The second-order valence-electron chi connectivity index (χ2n) is 5.73. The minimum Gasteiger partial charge on any atom is -0.508 e. The average Bonchev–Trinajstić information content (AvgIpc) is 3.06. The monoisotopic (exact) mass is 312 g/mol. The van der Waals surface area contributed by atoms with Crippen molar-refractivity contribution in [2.24, 2.45) is 0 Å². The van der Waals surface area contributed by atoms with E-state index in [-0.39, 0.29) is 17.7 Å². The Bertz CT molecular complexity index is 682. The van der Waals surface area contributed by atoms with Crippen LogP contribution in [-0.4, -0.2) is 43.5 Å². The molecule has 2 aromatic rings. The fourth-order valence-corrected chi connectivity index (χ4v) is 2.92. The Morgan fingerprint density at radius 2 is 2.30 bits per heavy atom. The molecule has 1 saturated heterocycles. The molecule has 0 saturated carbocycles. The Hall–Kier alpha value is -2.63. The van der Waals surface area contributed by atoms with Crippen molar-refractivity contribution in [1.29, 1.82) is 0 Å². The van der Waals surface area contributed by atoms with Crippen LogP contribution in [0.5, 0.6) is 5.75 Å². The van der Waals surface area contributed by atoms with E-state index in [9.17, 15) is 9.90 Å². The molecule has 23 heavy (non-hydrogen) atoms. The lowest BCUT2D eigenvalue weighted by Gasteiger charge is -2.35. The van der Waals surface area contributed by atoms with Gasteiger partial charge < -0.3 is 10.0 Å². The van der Waals surface area contributed by atoms with Crippen molar-refractivity contribution in [1.82, 2.24) is 19.9 Å². The molecule has 6 heteroatoms. The van der Waals surface area contributed by atoms with Crippen molar-refractivity contribution in [3.63, 3.8) is 0 Å². The van der Waals surface area contributed by atoms with Crippen molar-refractivity contribution in [2.75, 3.05) is 6.54 Å². The third kappa shape index (κ3) is 3.97. The number of carbonyl (C=O) groups excluding carboxylic acids is 1. The van der Waals surface area contributed by atoms with Gasteiger partial charge in [0.25, 0.3) is 0 Å². The van der Waals surface area contributed by atoms with Gasteiger partial charge in [-0.1, -0.05) is 17.3 Å². The molecule has 1 unspecified atom stereocenters. The summed E-state index contributed by atoms with van der Waals surface area (Å²) < 4.78 is 1.77. The summed E-state index contributed by atoms with van der Waals surface area (Å²) in [6, 6.07) is 7.00. The Morgan fingerprint density at radius 3 is 3.09 bits per heavy atom. The van der Waals surface area contributed by atoms with Crippen LogP contribution in [-0.2, 0) is 11.3 Å². The van der Waals surface area contributed by atoms with Gasteiger partial charge in [-0.05, 0) is 43.0 Å². The highest BCUT2D eigenvalue weighted by Gasteiger charge is 2.25.